The molecule has 1 aromatic heterocycles. The number of fused-ring (bicyclic) bond motifs is 2. The summed E-state index contributed by atoms with van der Waals surface area (Å²) >= 11 is 1.88. The fourth-order valence-electron chi connectivity index (χ4n) is 3.71. The summed E-state index contributed by atoms with van der Waals surface area (Å²) in [6, 6.07) is 8.76. The number of para-hydroxylation sites is 2. The summed E-state index contributed by atoms with van der Waals surface area (Å²) in [4.78, 5) is 11.2. The van der Waals surface area contributed by atoms with Crippen LogP contribution in [0.3, 0.4) is 0 Å². The Hall–Kier alpha value is -1.59. The molecule has 0 saturated carbocycles. The molecule has 23 heavy (non-hydrogen) atoms. The summed E-state index contributed by atoms with van der Waals surface area (Å²) in [5.74, 6) is 0.642. The van der Waals surface area contributed by atoms with Crippen LogP contribution in [0.25, 0.3) is 0 Å². The second kappa shape index (κ2) is 6.13. The summed E-state index contributed by atoms with van der Waals surface area (Å²) < 4.78 is 0. The maximum Gasteiger partial charge on any atom is 0.113 e. The highest BCUT2D eigenvalue weighted by Crippen LogP contribution is 2.34. The van der Waals surface area contributed by atoms with E-state index in [-0.39, 0.29) is 0 Å². The minimum atomic E-state index is 0.642. The molecule has 3 heterocycles. The van der Waals surface area contributed by atoms with E-state index in [9.17, 15) is 0 Å². The van der Waals surface area contributed by atoms with Gasteiger partial charge in [0.25, 0.3) is 0 Å². The molecule has 1 unspecified atom stereocenters. The lowest BCUT2D eigenvalue weighted by Crippen LogP contribution is -2.29. The molecular weight excluding hydrogens is 304 g/mol. The summed E-state index contributed by atoms with van der Waals surface area (Å²) in [5.41, 5.74) is 3.99. The first-order valence-corrected chi connectivity index (χ1v) is 9.25. The number of hydrogen-bond donors (Lipinski definition) is 1. The molecule has 0 aliphatic carbocycles. The van der Waals surface area contributed by atoms with E-state index >= 15 is 0 Å². The van der Waals surface area contributed by atoms with Crippen molar-refractivity contribution in [2.75, 3.05) is 36.5 Å². The number of anilines is 2. The second-order valence-corrected chi connectivity index (χ2v) is 7.93. The third-order valence-electron chi connectivity index (χ3n) is 4.72. The highest BCUT2D eigenvalue weighted by molar-refractivity contribution is 7.11. The van der Waals surface area contributed by atoms with E-state index in [1.165, 1.54) is 27.0 Å². The molecule has 0 bridgehead atoms. The van der Waals surface area contributed by atoms with Crippen LogP contribution >= 0.6 is 11.3 Å². The number of hydrogen-bond acceptors (Lipinski definition) is 5. The third-order valence-corrected chi connectivity index (χ3v) is 5.81. The summed E-state index contributed by atoms with van der Waals surface area (Å²) in [6.45, 7) is 7.50. The summed E-state index contributed by atoms with van der Waals surface area (Å²) in [5, 5.41) is 4.70. The Kier molecular flexibility index (Phi) is 3.99. The van der Waals surface area contributed by atoms with Crippen molar-refractivity contribution in [2.24, 2.45) is 5.92 Å². The zero-order valence-electron chi connectivity index (χ0n) is 13.9. The fourth-order valence-corrected chi connectivity index (χ4v) is 4.81. The zero-order chi connectivity index (χ0) is 15.8. The van der Waals surface area contributed by atoms with Gasteiger partial charge < -0.3 is 15.1 Å². The van der Waals surface area contributed by atoms with Gasteiger partial charge in [-0.15, -0.1) is 11.3 Å². The maximum absolute atomic E-state index is 4.92. The van der Waals surface area contributed by atoms with Crippen LogP contribution in [-0.4, -0.2) is 31.7 Å². The number of nitrogens with one attached hydrogen (secondary N) is 1. The number of thiazole rings is 1. The normalized spacial score (nSPS) is 20.9. The molecule has 2 aliphatic heterocycles. The van der Waals surface area contributed by atoms with Gasteiger partial charge in [0, 0.05) is 44.5 Å². The van der Waals surface area contributed by atoms with Gasteiger partial charge in [0.05, 0.1) is 23.6 Å². The van der Waals surface area contributed by atoms with Gasteiger partial charge in [-0.25, -0.2) is 4.98 Å². The minimum absolute atomic E-state index is 0.642. The van der Waals surface area contributed by atoms with E-state index in [1.54, 1.807) is 0 Å². The monoisotopic (exact) mass is 328 g/mol. The molecule has 0 radical (unpaired) electrons. The molecular formula is C18H24N4S. The van der Waals surface area contributed by atoms with Crippen molar-refractivity contribution in [2.45, 2.75) is 26.4 Å². The summed E-state index contributed by atoms with van der Waals surface area (Å²) in [6.07, 6.45) is 1.07. The van der Waals surface area contributed by atoms with Gasteiger partial charge in [0.1, 0.15) is 5.01 Å². The van der Waals surface area contributed by atoms with E-state index < -0.39 is 0 Å². The van der Waals surface area contributed by atoms with Gasteiger partial charge in [-0.2, -0.15) is 0 Å². The van der Waals surface area contributed by atoms with Crippen LogP contribution in [0.4, 0.5) is 11.4 Å². The van der Waals surface area contributed by atoms with Crippen LogP contribution in [0, 0.1) is 5.92 Å². The van der Waals surface area contributed by atoms with Crippen molar-refractivity contribution >= 4 is 22.7 Å². The molecule has 0 amide bonds. The average molecular weight is 328 g/mol. The number of nitrogens with zero attached hydrogens (tertiary/aromatic N) is 3. The Labute approximate surface area is 142 Å². The van der Waals surface area contributed by atoms with Crippen LogP contribution in [0.1, 0.15) is 22.5 Å². The number of benzene rings is 1. The van der Waals surface area contributed by atoms with E-state index in [0.29, 0.717) is 5.92 Å². The standard InChI is InChI=1S/C18H24N4S/c1-13-10-21(2)15-5-3-4-6-16(15)22(11-13)12-18-20-14-7-8-19-9-17(14)23-18/h3-6,13,19H,7-12H2,1-2H3. The third kappa shape index (κ3) is 2.95. The van der Waals surface area contributed by atoms with Gasteiger partial charge >= 0.3 is 0 Å². The van der Waals surface area contributed by atoms with Gasteiger partial charge in [0.2, 0.25) is 0 Å². The molecule has 1 N–H and O–H groups in total. The first-order valence-electron chi connectivity index (χ1n) is 8.44. The second-order valence-electron chi connectivity index (χ2n) is 6.76. The van der Waals surface area contributed by atoms with E-state index in [2.05, 4.69) is 53.4 Å². The molecule has 5 heteroatoms. The summed E-state index contributed by atoms with van der Waals surface area (Å²) in [7, 11) is 2.20. The maximum atomic E-state index is 4.92. The predicted molar refractivity (Wildman–Crippen MR) is 97.5 cm³/mol. The Morgan fingerprint density at radius 2 is 2.09 bits per heavy atom. The minimum Gasteiger partial charge on any atom is -0.373 e. The van der Waals surface area contributed by atoms with Crippen LogP contribution in [0.2, 0.25) is 0 Å². The van der Waals surface area contributed by atoms with Gasteiger partial charge in [0.15, 0.2) is 0 Å². The van der Waals surface area contributed by atoms with Crippen molar-refractivity contribution < 1.29 is 0 Å². The van der Waals surface area contributed by atoms with Gasteiger partial charge in [-0.3, -0.25) is 0 Å². The molecule has 1 aromatic carbocycles. The Bertz CT molecular complexity index is 673. The van der Waals surface area contributed by atoms with Crippen LogP contribution in [-0.2, 0) is 19.5 Å². The van der Waals surface area contributed by atoms with E-state index in [0.717, 1.165) is 39.1 Å². The van der Waals surface area contributed by atoms with Gasteiger partial charge in [-0.05, 0) is 18.1 Å². The highest BCUT2D eigenvalue weighted by atomic mass is 32.1. The van der Waals surface area contributed by atoms with Crippen molar-refractivity contribution in [1.29, 1.82) is 0 Å². The molecule has 4 nitrogen and oxygen atoms in total. The first-order chi connectivity index (χ1) is 11.2. The fraction of sp³-hybridized carbons (Fsp3) is 0.500. The molecule has 1 atom stereocenters. The Balaban J connectivity index is 1.64. The quantitative estimate of drug-likeness (QED) is 0.918. The Morgan fingerprint density at radius 3 is 2.91 bits per heavy atom. The van der Waals surface area contributed by atoms with Crippen molar-refractivity contribution in [3.8, 4) is 0 Å². The van der Waals surface area contributed by atoms with Crippen LogP contribution < -0.4 is 15.1 Å². The van der Waals surface area contributed by atoms with Crippen molar-refractivity contribution in [1.82, 2.24) is 10.3 Å². The largest absolute Gasteiger partial charge is 0.373 e. The van der Waals surface area contributed by atoms with E-state index in [4.69, 9.17) is 4.98 Å². The topological polar surface area (TPSA) is 31.4 Å². The molecule has 2 aromatic rings. The smallest absolute Gasteiger partial charge is 0.113 e. The number of rotatable bonds is 2. The predicted octanol–water partition coefficient (Wildman–Crippen LogP) is 2.88. The molecule has 0 fully saturated rings. The molecule has 0 spiro atoms. The highest BCUT2D eigenvalue weighted by Gasteiger charge is 2.24. The lowest BCUT2D eigenvalue weighted by atomic mass is 10.1. The van der Waals surface area contributed by atoms with E-state index in [1.807, 2.05) is 11.3 Å². The van der Waals surface area contributed by atoms with Crippen molar-refractivity contribution in [3.05, 3.63) is 39.8 Å². The lowest BCUT2D eigenvalue weighted by Gasteiger charge is -2.25. The van der Waals surface area contributed by atoms with Gasteiger partial charge in [-0.1, -0.05) is 19.1 Å². The zero-order valence-corrected chi connectivity index (χ0v) is 14.7. The van der Waals surface area contributed by atoms with Crippen molar-refractivity contribution in [3.63, 3.8) is 0 Å². The Morgan fingerprint density at radius 1 is 1.26 bits per heavy atom. The lowest BCUT2D eigenvalue weighted by molar-refractivity contribution is 0.569. The van der Waals surface area contributed by atoms with Crippen LogP contribution in [0.15, 0.2) is 24.3 Å². The molecule has 4 rings (SSSR count). The SMILES string of the molecule is CC1CN(C)c2ccccc2N(Cc2nc3c(s2)CNCC3)C1. The number of aromatic nitrogens is 1. The molecule has 122 valence electrons. The first kappa shape index (κ1) is 15.0. The average Bonchev–Trinajstić information content (AvgIpc) is 2.91. The molecule has 0 saturated heterocycles. The van der Waals surface area contributed by atoms with Crippen LogP contribution in [0.5, 0.6) is 0 Å². The molecule has 2 aliphatic rings.